The van der Waals surface area contributed by atoms with Gasteiger partial charge in [0.05, 0.1) is 18.2 Å². The summed E-state index contributed by atoms with van der Waals surface area (Å²) < 4.78 is 7.10. The molecule has 4 nitrogen and oxygen atoms in total. The van der Waals surface area contributed by atoms with E-state index in [1.165, 1.54) is 0 Å². The first kappa shape index (κ1) is 9.98. The number of nitrogens with two attached hydrogens (primary N) is 1. The van der Waals surface area contributed by atoms with Gasteiger partial charge < -0.3 is 10.5 Å². The van der Waals surface area contributed by atoms with Crippen LogP contribution in [0.5, 0.6) is 0 Å². The lowest BCUT2D eigenvalue weighted by Crippen LogP contribution is -2.15. The maximum absolute atomic E-state index is 5.82. The Morgan fingerprint density at radius 1 is 1.47 bits per heavy atom. The average molecular weight is 205 g/mol. The molecule has 0 radical (unpaired) electrons. The van der Waals surface area contributed by atoms with Crippen molar-refractivity contribution in [2.24, 2.45) is 0 Å². The van der Waals surface area contributed by atoms with Crippen molar-refractivity contribution in [2.75, 3.05) is 12.8 Å². The van der Waals surface area contributed by atoms with E-state index >= 15 is 0 Å². The van der Waals surface area contributed by atoms with E-state index in [0.29, 0.717) is 12.4 Å². The second-order valence-corrected chi connectivity index (χ2v) is 3.63. The Bertz CT molecular complexity index is 464. The molecule has 0 saturated heterocycles. The highest BCUT2D eigenvalue weighted by atomic mass is 16.5. The highest BCUT2D eigenvalue weighted by molar-refractivity contribution is 5.88. The normalized spacial score (nSPS) is 13.2. The van der Waals surface area contributed by atoms with Crippen LogP contribution in [0, 0.1) is 0 Å². The van der Waals surface area contributed by atoms with Gasteiger partial charge in [-0.05, 0) is 19.1 Å². The number of benzene rings is 1. The van der Waals surface area contributed by atoms with Crippen LogP contribution in [0.4, 0.5) is 5.82 Å². The van der Waals surface area contributed by atoms with E-state index in [9.17, 15) is 0 Å². The molecule has 2 N–H and O–H groups in total. The molecule has 1 heterocycles. The molecule has 1 aromatic carbocycles. The summed E-state index contributed by atoms with van der Waals surface area (Å²) in [6, 6.07) is 7.94. The molecular weight excluding hydrogens is 190 g/mol. The monoisotopic (exact) mass is 205 g/mol. The minimum Gasteiger partial charge on any atom is -0.382 e. The number of nitrogens with zero attached hydrogens (tertiary/aromatic N) is 2. The Kier molecular flexibility index (Phi) is 2.60. The maximum Gasteiger partial charge on any atom is 0.153 e. The number of fused-ring (bicyclic) bond motifs is 1. The van der Waals surface area contributed by atoms with Gasteiger partial charge in [0.2, 0.25) is 0 Å². The molecular formula is C11H15N3O. The molecule has 0 spiro atoms. The van der Waals surface area contributed by atoms with E-state index in [0.717, 1.165) is 10.9 Å². The summed E-state index contributed by atoms with van der Waals surface area (Å²) in [5.74, 6) is 0.578. The Labute approximate surface area is 88.6 Å². The molecule has 0 aliphatic heterocycles. The Morgan fingerprint density at radius 2 is 2.20 bits per heavy atom. The summed E-state index contributed by atoms with van der Waals surface area (Å²) in [5, 5.41) is 5.29. The number of para-hydroxylation sites is 1. The summed E-state index contributed by atoms with van der Waals surface area (Å²) in [6.07, 6.45) is 0.132. The van der Waals surface area contributed by atoms with Crippen molar-refractivity contribution in [2.45, 2.75) is 19.6 Å². The smallest absolute Gasteiger partial charge is 0.153 e. The highest BCUT2D eigenvalue weighted by Crippen LogP contribution is 2.20. The van der Waals surface area contributed by atoms with Gasteiger partial charge in [-0.25, -0.2) is 0 Å². The SMILES string of the molecule is COC(C)Cn1nc(N)c2ccccc21. The topological polar surface area (TPSA) is 53.1 Å². The van der Waals surface area contributed by atoms with E-state index in [1.807, 2.05) is 35.9 Å². The number of hydrogen-bond acceptors (Lipinski definition) is 3. The fraction of sp³-hybridized carbons (Fsp3) is 0.364. The third-order valence-corrected chi connectivity index (χ3v) is 2.52. The summed E-state index contributed by atoms with van der Waals surface area (Å²) in [5.41, 5.74) is 6.88. The van der Waals surface area contributed by atoms with Crippen LogP contribution in [0.1, 0.15) is 6.92 Å². The molecule has 1 aromatic heterocycles. The highest BCUT2D eigenvalue weighted by Gasteiger charge is 2.09. The van der Waals surface area contributed by atoms with Gasteiger partial charge in [0.15, 0.2) is 5.82 Å². The second kappa shape index (κ2) is 3.90. The van der Waals surface area contributed by atoms with Crippen molar-refractivity contribution < 1.29 is 4.74 Å². The zero-order chi connectivity index (χ0) is 10.8. The molecule has 4 heteroatoms. The zero-order valence-electron chi connectivity index (χ0n) is 8.97. The summed E-state index contributed by atoms with van der Waals surface area (Å²) in [4.78, 5) is 0. The fourth-order valence-corrected chi connectivity index (χ4v) is 1.61. The molecule has 0 amide bonds. The summed E-state index contributed by atoms with van der Waals surface area (Å²) in [6.45, 7) is 2.72. The lowest BCUT2D eigenvalue weighted by Gasteiger charge is -2.09. The van der Waals surface area contributed by atoms with E-state index in [4.69, 9.17) is 10.5 Å². The van der Waals surface area contributed by atoms with Crippen LogP contribution < -0.4 is 5.73 Å². The number of nitrogen functional groups attached to an aromatic ring is 1. The van der Waals surface area contributed by atoms with Crippen LogP contribution in [0.2, 0.25) is 0 Å². The van der Waals surface area contributed by atoms with Crippen LogP contribution in [0.25, 0.3) is 10.9 Å². The minimum absolute atomic E-state index is 0.132. The van der Waals surface area contributed by atoms with E-state index < -0.39 is 0 Å². The molecule has 0 aliphatic carbocycles. The van der Waals surface area contributed by atoms with Crippen molar-refractivity contribution in [1.29, 1.82) is 0 Å². The first-order chi connectivity index (χ1) is 7.22. The van der Waals surface area contributed by atoms with Crippen molar-refractivity contribution in [3.05, 3.63) is 24.3 Å². The van der Waals surface area contributed by atoms with Crippen LogP contribution in [0.3, 0.4) is 0 Å². The quantitative estimate of drug-likeness (QED) is 0.829. The lowest BCUT2D eigenvalue weighted by molar-refractivity contribution is 0.101. The number of methoxy groups -OCH3 is 1. The molecule has 80 valence electrons. The largest absolute Gasteiger partial charge is 0.382 e. The van der Waals surface area contributed by atoms with E-state index in [1.54, 1.807) is 7.11 Å². The predicted molar refractivity (Wildman–Crippen MR) is 60.6 cm³/mol. The van der Waals surface area contributed by atoms with Gasteiger partial charge in [-0.15, -0.1) is 0 Å². The molecule has 0 fully saturated rings. The van der Waals surface area contributed by atoms with Crippen LogP contribution in [-0.2, 0) is 11.3 Å². The van der Waals surface area contributed by atoms with Gasteiger partial charge >= 0.3 is 0 Å². The first-order valence-corrected chi connectivity index (χ1v) is 4.96. The van der Waals surface area contributed by atoms with Crippen molar-refractivity contribution >= 4 is 16.7 Å². The minimum atomic E-state index is 0.132. The number of hydrogen-bond donors (Lipinski definition) is 1. The average Bonchev–Trinajstić information content (AvgIpc) is 2.57. The standard InChI is InChI=1S/C11H15N3O/c1-8(15-2)7-14-10-6-4-3-5-9(10)11(12)13-14/h3-6,8H,7H2,1-2H3,(H2,12,13). The van der Waals surface area contributed by atoms with Crippen LogP contribution >= 0.6 is 0 Å². The summed E-state index contributed by atoms with van der Waals surface area (Å²) in [7, 11) is 1.69. The van der Waals surface area contributed by atoms with Crippen molar-refractivity contribution in [3.63, 3.8) is 0 Å². The maximum atomic E-state index is 5.82. The number of aromatic nitrogens is 2. The molecule has 15 heavy (non-hydrogen) atoms. The molecule has 0 aliphatic rings. The van der Waals surface area contributed by atoms with Gasteiger partial charge in [-0.2, -0.15) is 5.10 Å². The van der Waals surface area contributed by atoms with Crippen LogP contribution in [-0.4, -0.2) is 23.0 Å². The van der Waals surface area contributed by atoms with Crippen molar-refractivity contribution in [3.8, 4) is 0 Å². The fourth-order valence-electron chi connectivity index (χ4n) is 1.61. The second-order valence-electron chi connectivity index (χ2n) is 3.63. The summed E-state index contributed by atoms with van der Waals surface area (Å²) >= 11 is 0. The number of ether oxygens (including phenoxy) is 1. The van der Waals surface area contributed by atoms with Gasteiger partial charge in [-0.3, -0.25) is 4.68 Å². The zero-order valence-corrected chi connectivity index (χ0v) is 8.97. The van der Waals surface area contributed by atoms with Gasteiger partial charge in [-0.1, -0.05) is 12.1 Å². The molecule has 2 rings (SSSR count). The molecule has 0 saturated carbocycles. The third kappa shape index (κ3) is 1.80. The van der Waals surface area contributed by atoms with Gasteiger partial charge in [0, 0.05) is 12.5 Å². The van der Waals surface area contributed by atoms with E-state index in [2.05, 4.69) is 5.10 Å². The molecule has 1 atom stereocenters. The lowest BCUT2D eigenvalue weighted by atomic mass is 10.2. The van der Waals surface area contributed by atoms with Gasteiger partial charge in [0.1, 0.15) is 0 Å². The van der Waals surface area contributed by atoms with E-state index in [-0.39, 0.29) is 6.10 Å². The molecule has 1 unspecified atom stereocenters. The van der Waals surface area contributed by atoms with Gasteiger partial charge in [0.25, 0.3) is 0 Å². The number of rotatable bonds is 3. The first-order valence-electron chi connectivity index (χ1n) is 4.96. The third-order valence-electron chi connectivity index (χ3n) is 2.52. The molecule has 2 aromatic rings. The van der Waals surface area contributed by atoms with Crippen LogP contribution in [0.15, 0.2) is 24.3 Å². The molecule has 0 bridgehead atoms. The Balaban J connectivity index is 2.43. The Hall–Kier alpha value is -1.55. The predicted octanol–water partition coefficient (Wildman–Crippen LogP) is 1.65. The number of anilines is 1. The Morgan fingerprint density at radius 3 is 2.93 bits per heavy atom. The van der Waals surface area contributed by atoms with Crippen molar-refractivity contribution in [1.82, 2.24) is 9.78 Å².